The van der Waals surface area contributed by atoms with Crippen LogP contribution >= 0.6 is 0 Å². The number of hydrazine groups is 1. The van der Waals surface area contributed by atoms with Gasteiger partial charge in [0, 0.05) is 6.04 Å². The van der Waals surface area contributed by atoms with Gasteiger partial charge in [-0.25, -0.2) is 5.43 Å². The van der Waals surface area contributed by atoms with E-state index < -0.39 is 0 Å². The Morgan fingerprint density at radius 1 is 1.45 bits per heavy atom. The molecule has 0 radical (unpaired) electrons. The van der Waals surface area contributed by atoms with Crippen molar-refractivity contribution in [3.63, 3.8) is 0 Å². The minimum Gasteiger partial charge on any atom is -0.298 e. The molecule has 0 aliphatic carbocycles. The lowest BCUT2D eigenvalue weighted by Crippen LogP contribution is -2.37. The number of hydrogen-bond donors (Lipinski definition) is 2. The third-order valence-corrected chi connectivity index (χ3v) is 2.23. The maximum atomic E-state index is 10.9. The fourth-order valence-electron chi connectivity index (χ4n) is 1.29. The van der Waals surface area contributed by atoms with Gasteiger partial charge in [0.2, 0.25) is 0 Å². The summed E-state index contributed by atoms with van der Waals surface area (Å²) in [6.07, 6.45) is 0.924. The van der Waals surface area contributed by atoms with Gasteiger partial charge in [0.1, 0.15) is 5.78 Å². The topological polar surface area (TPSA) is 41.1 Å². The molecule has 1 heterocycles. The second-order valence-electron chi connectivity index (χ2n) is 3.54. The highest BCUT2D eigenvalue weighted by Crippen LogP contribution is 2.13. The highest BCUT2D eigenvalue weighted by Gasteiger charge is 2.28. The number of ketones is 1. The summed E-state index contributed by atoms with van der Waals surface area (Å²) >= 11 is 0. The van der Waals surface area contributed by atoms with Crippen LogP contribution in [0.15, 0.2) is 0 Å². The third-order valence-electron chi connectivity index (χ3n) is 2.23. The first kappa shape index (κ1) is 8.68. The number of carbonyl (C=O) groups excluding carboxylic acids is 1. The first-order valence-corrected chi connectivity index (χ1v) is 4.12. The SMILES string of the molecule is CC(=O)C1CC(C(C)C)NN1. The van der Waals surface area contributed by atoms with Gasteiger partial charge >= 0.3 is 0 Å². The maximum Gasteiger partial charge on any atom is 0.148 e. The lowest BCUT2D eigenvalue weighted by atomic mass is 9.98. The van der Waals surface area contributed by atoms with Crippen molar-refractivity contribution in [2.24, 2.45) is 5.92 Å². The first-order valence-electron chi connectivity index (χ1n) is 4.12. The molecule has 0 aromatic rings. The Kier molecular flexibility index (Phi) is 2.62. The fourth-order valence-corrected chi connectivity index (χ4v) is 1.29. The van der Waals surface area contributed by atoms with Gasteiger partial charge in [-0.05, 0) is 19.3 Å². The standard InChI is InChI=1S/C8H16N2O/c1-5(2)7-4-8(6(3)11)10-9-7/h5,7-10H,4H2,1-3H3. The van der Waals surface area contributed by atoms with Gasteiger partial charge in [-0.1, -0.05) is 13.8 Å². The molecular weight excluding hydrogens is 140 g/mol. The van der Waals surface area contributed by atoms with Crippen LogP contribution in [-0.4, -0.2) is 17.9 Å². The normalized spacial score (nSPS) is 31.3. The molecule has 0 spiro atoms. The number of nitrogens with one attached hydrogen (secondary N) is 2. The highest BCUT2D eigenvalue weighted by molar-refractivity contribution is 5.81. The largest absolute Gasteiger partial charge is 0.298 e. The molecule has 2 unspecified atom stereocenters. The number of rotatable bonds is 2. The molecule has 0 bridgehead atoms. The van der Waals surface area contributed by atoms with Gasteiger partial charge in [-0.15, -0.1) is 0 Å². The number of hydrogen-bond acceptors (Lipinski definition) is 3. The summed E-state index contributed by atoms with van der Waals surface area (Å²) in [5.41, 5.74) is 6.10. The Labute approximate surface area is 67.5 Å². The van der Waals surface area contributed by atoms with Crippen LogP contribution in [-0.2, 0) is 4.79 Å². The van der Waals surface area contributed by atoms with Crippen molar-refractivity contribution >= 4 is 5.78 Å². The molecule has 0 aromatic carbocycles. The van der Waals surface area contributed by atoms with Crippen molar-refractivity contribution in [1.29, 1.82) is 0 Å². The van der Waals surface area contributed by atoms with E-state index in [1.165, 1.54) is 0 Å². The maximum absolute atomic E-state index is 10.9. The van der Waals surface area contributed by atoms with Crippen LogP contribution in [0.2, 0.25) is 0 Å². The molecule has 11 heavy (non-hydrogen) atoms. The van der Waals surface area contributed by atoms with E-state index in [1.54, 1.807) is 6.92 Å². The van der Waals surface area contributed by atoms with E-state index >= 15 is 0 Å². The van der Waals surface area contributed by atoms with Crippen LogP contribution in [0.25, 0.3) is 0 Å². The third kappa shape index (κ3) is 2.01. The van der Waals surface area contributed by atoms with Gasteiger partial charge < -0.3 is 0 Å². The monoisotopic (exact) mass is 156 g/mol. The molecule has 2 N–H and O–H groups in total. The zero-order valence-electron chi connectivity index (χ0n) is 7.35. The van der Waals surface area contributed by atoms with E-state index in [0.29, 0.717) is 12.0 Å². The number of carbonyl (C=O) groups is 1. The zero-order valence-corrected chi connectivity index (χ0v) is 7.35. The van der Waals surface area contributed by atoms with E-state index in [4.69, 9.17) is 0 Å². The average Bonchev–Trinajstić information content (AvgIpc) is 2.33. The van der Waals surface area contributed by atoms with Crippen molar-refractivity contribution in [3.05, 3.63) is 0 Å². The predicted molar refractivity (Wildman–Crippen MR) is 44.0 cm³/mol. The van der Waals surface area contributed by atoms with Gasteiger partial charge in [0.05, 0.1) is 6.04 Å². The molecular formula is C8H16N2O. The van der Waals surface area contributed by atoms with Crippen LogP contribution in [0.1, 0.15) is 27.2 Å². The Morgan fingerprint density at radius 3 is 2.36 bits per heavy atom. The summed E-state index contributed by atoms with van der Waals surface area (Å²) in [5, 5.41) is 0. The molecule has 0 amide bonds. The lowest BCUT2D eigenvalue weighted by molar-refractivity contribution is -0.118. The van der Waals surface area contributed by atoms with E-state index in [0.717, 1.165) is 6.42 Å². The van der Waals surface area contributed by atoms with Crippen molar-refractivity contribution in [2.45, 2.75) is 39.3 Å². The summed E-state index contributed by atoms with van der Waals surface area (Å²) in [7, 11) is 0. The first-order chi connectivity index (χ1) is 5.11. The Bertz CT molecular complexity index is 156. The molecule has 1 rings (SSSR count). The highest BCUT2D eigenvalue weighted by atomic mass is 16.1. The zero-order chi connectivity index (χ0) is 8.43. The van der Waals surface area contributed by atoms with Crippen LogP contribution in [0.3, 0.4) is 0 Å². The van der Waals surface area contributed by atoms with Gasteiger partial charge in [0.15, 0.2) is 0 Å². The molecule has 2 atom stereocenters. The quantitative estimate of drug-likeness (QED) is 0.610. The molecule has 1 fully saturated rings. The van der Waals surface area contributed by atoms with Crippen LogP contribution in [0, 0.1) is 5.92 Å². The lowest BCUT2D eigenvalue weighted by Gasteiger charge is -2.12. The molecule has 0 aromatic heterocycles. The molecule has 1 aliphatic rings. The van der Waals surface area contributed by atoms with Gasteiger partial charge in [0.25, 0.3) is 0 Å². The average molecular weight is 156 g/mol. The second kappa shape index (κ2) is 3.32. The Hall–Kier alpha value is -0.410. The van der Waals surface area contributed by atoms with Crippen molar-refractivity contribution in [3.8, 4) is 0 Å². The summed E-state index contributed by atoms with van der Waals surface area (Å²) < 4.78 is 0. The smallest absolute Gasteiger partial charge is 0.148 e. The molecule has 64 valence electrons. The summed E-state index contributed by atoms with van der Waals surface area (Å²) in [5.74, 6) is 0.813. The van der Waals surface area contributed by atoms with E-state index in [9.17, 15) is 4.79 Å². The minimum absolute atomic E-state index is 0.0300. The van der Waals surface area contributed by atoms with Crippen LogP contribution in [0.5, 0.6) is 0 Å². The Morgan fingerprint density at radius 2 is 2.09 bits per heavy atom. The fraction of sp³-hybridized carbons (Fsp3) is 0.875. The van der Waals surface area contributed by atoms with Crippen molar-refractivity contribution in [1.82, 2.24) is 10.9 Å². The molecule has 1 aliphatic heterocycles. The van der Waals surface area contributed by atoms with Gasteiger partial charge in [-0.3, -0.25) is 10.2 Å². The molecule has 1 saturated heterocycles. The summed E-state index contributed by atoms with van der Waals surface area (Å²) in [6, 6.07) is 0.478. The second-order valence-corrected chi connectivity index (χ2v) is 3.54. The summed E-state index contributed by atoms with van der Waals surface area (Å²) in [4.78, 5) is 10.9. The minimum atomic E-state index is 0.0300. The van der Waals surface area contributed by atoms with E-state index in [-0.39, 0.29) is 11.8 Å². The number of Topliss-reactive ketones (excluding diaryl/α,β-unsaturated/α-hetero) is 1. The molecule has 3 heteroatoms. The molecule has 0 saturated carbocycles. The summed E-state index contributed by atoms with van der Waals surface area (Å²) in [6.45, 7) is 5.94. The van der Waals surface area contributed by atoms with Crippen molar-refractivity contribution < 1.29 is 4.79 Å². The Balaban J connectivity index is 2.41. The predicted octanol–water partition coefficient (Wildman–Crippen LogP) is 0.467. The van der Waals surface area contributed by atoms with Crippen LogP contribution < -0.4 is 10.9 Å². The van der Waals surface area contributed by atoms with E-state index in [1.807, 2.05) is 0 Å². The van der Waals surface area contributed by atoms with E-state index in [2.05, 4.69) is 24.7 Å². The van der Waals surface area contributed by atoms with Crippen molar-refractivity contribution in [2.75, 3.05) is 0 Å². The van der Waals surface area contributed by atoms with Crippen LogP contribution in [0.4, 0.5) is 0 Å². The van der Waals surface area contributed by atoms with Gasteiger partial charge in [-0.2, -0.15) is 0 Å². The molecule has 3 nitrogen and oxygen atoms in total.